The average Bonchev–Trinajstić information content (AvgIpc) is 2.59. The van der Waals surface area contributed by atoms with Crippen molar-refractivity contribution in [3.8, 4) is 0 Å². The van der Waals surface area contributed by atoms with Gasteiger partial charge in [-0.1, -0.05) is 30.3 Å². The van der Waals surface area contributed by atoms with Crippen LogP contribution in [-0.4, -0.2) is 24.5 Å². The van der Waals surface area contributed by atoms with Gasteiger partial charge in [0.25, 0.3) is 0 Å². The minimum absolute atomic E-state index is 0.271. The van der Waals surface area contributed by atoms with Crippen LogP contribution < -0.4 is 10.6 Å². The standard InChI is InChI=1S/C19H21IN2O3/c1-19(2)24-12-16(17(25-19)13-6-4-3-5-7-13)22-18(23)21-15-10-8-14(20)9-11-15/h3-11,16-17H,12H2,1-2H3,(H2,21,22,23)/t16-,17-/m0/s1. The van der Waals surface area contributed by atoms with Crippen LogP contribution in [-0.2, 0) is 9.47 Å². The van der Waals surface area contributed by atoms with Crippen molar-refractivity contribution in [2.45, 2.75) is 31.8 Å². The van der Waals surface area contributed by atoms with Crippen LogP contribution in [0.1, 0.15) is 25.5 Å². The van der Waals surface area contributed by atoms with E-state index in [9.17, 15) is 4.79 Å². The summed E-state index contributed by atoms with van der Waals surface area (Å²) in [5.41, 5.74) is 1.76. The number of anilines is 1. The number of rotatable bonds is 3. The maximum absolute atomic E-state index is 12.4. The minimum atomic E-state index is -0.689. The Balaban J connectivity index is 1.70. The number of hydrogen-bond donors (Lipinski definition) is 2. The molecule has 1 aliphatic rings. The molecule has 2 aromatic carbocycles. The molecule has 1 fully saturated rings. The fourth-order valence-corrected chi connectivity index (χ4v) is 3.09. The number of amides is 2. The van der Waals surface area contributed by atoms with Crippen LogP contribution in [0.5, 0.6) is 0 Å². The highest BCUT2D eigenvalue weighted by atomic mass is 127. The van der Waals surface area contributed by atoms with Gasteiger partial charge in [-0.3, -0.25) is 0 Å². The van der Waals surface area contributed by atoms with Crippen LogP contribution in [0.15, 0.2) is 54.6 Å². The normalized spacial score (nSPS) is 22.2. The first-order chi connectivity index (χ1) is 11.9. The van der Waals surface area contributed by atoms with Gasteiger partial charge in [0, 0.05) is 9.26 Å². The van der Waals surface area contributed by atoms with E-state index in [2.05, 4.69) is 33.2 Å². The molecule has 132 valence electrons. The number of carbonyl (C=O) groups excluding carboxylic acids is 1. The Bertz CT molecular complexity index is 719. The third kappa shape index (κ3) is 4.93. The van der Waals surface area contributed by atoms with E-state index in [4.69, 9.17) is 9.47 Å². The van der Waals surface area contributed by atoms with Crippen molar-refractivity contribution in [2.24, 2.45) is 0 Å². The highest BCUT2D eigenvalue weighted by molar-refractivity contribution is 14.1. The number of urea groups is 1. The van der Waals surface area contributed by atoms with Crippen LogP contribution in [0.25, 0.3) is 0 Å². The third-order valence-corrected chi connectivity index (χ3v) is 4.65. The summed E-state index contributed by atoms with van der Waals surface area (Å²) in [6.07, 6.45) is -0.271. The Kier molecular flexibility index (Phi) is 5.61. The summed E-state index contributed by atoms with van der Waals surface area (Å²) in [7, 11) is 0. The molecule has 0 aliphatic carbocycles. The van der Waals surface area contributed by atoms with Gasteiger partial charge in [-0.25, -0.2) is 4.79 Å². The van der Waals surface area contributed by atoms with Gasteiger partial charge in [0.1, 0.15) is 6.10 Å². The average molecular weight is 452 g/mol. The maximum Gasteiger partial charge on any atom is 0.319 e. The maximum atomic E-state index is 12.4. The van der Waals surface area contributed by atoms with Gasteiger partial charge in [0.2, 0.25) is 0 Å². The Morgan fingerprint density at radius 2 is 1.80 bits per heavy atom. The molecular formula is C19H21IN2O3. The number of halogens is 1. The van der Waals surface area contributed by atoms with Gasteiger partial charge >= 0.3 is 6.03 Å². The van der Waals surface area contributed by atoms with Crippen LogP contribution in [0.3, 0.4) is 0 Å². The van der Waals surface area contributed by atoms with Crippen LogP contribution in [0.4, 0.5) is 10.5 Å². The van der Waals surface area contributed by atoms with Crippen molar-refractivity contribution in [3.05, 3.63) is 63.7 Å². The van der Waals surface area contributed by atoms with E-state index in [1.165, 1.54) is 0 Å². The van der Waals surface area contributed by atoms with E-state index >= 15 is 0 Å². The van der Waals surface area contributed by atoms with Crippen LogP contribution in [0.2, 0.25) is 0 Å². The zero-order valence-corrected chi connectivity index (χ0v) is 16.3. The third-order valence-electron chi connectivity index (χ3n) is 3.93. The second-order valence-electron chi connectivity index (χ2n) is 6.37. The number of benzene rings is 2. The van der Waals surface area contributed by atoms with E-state index in [0.29, 0.717) is 6.61 Å². The molecule has 0 aromatic heterocycles. The SMILES string of the molecule is CC1(C)OC[C@H](NC(=O)Nc2ccc(I)cc2)[C@H](c2ccccc2)O1. The summed E-state index contributed by atoms with van der Waals surface area (Å²) in [4.78, 5) is 12.4. The van der Waals surface area contributed by atoms with Crippen molar-refractivity contribution in [2.75, 3.05) is 11.9 Å². The smallest absolute Gasteiger partial charge is 0.319 e. The zero-order valence-electron chi connectivity index (χ0n) is 14.2. The second-order valence-corrected chi connectivity index (χ2v) is 7.62. The molecule has 1 saturated heterocycles. The van der Waals surface area contributed by atoms with Crippen molar-refractivity contribution >= 4 is 34.3 Å². The van der Waals surface area contributed by atoms with E-state index in [-0.39, 0.29) is 18.2 Å². The van der Waals surface area contributed by atoms with Crippen LogP contribution >= 0.6 is 22.6 Å². The monoisotopic (exact) mass is 452 g/mol. The fraction of sp³-hybridized carbons (Fsp3) is 0.316. The lowest BCUT2D eigenvalue weighted by molar-refractivity contribution is -0.284. The predicted octanol–water partition coefficient (Wildman–Crippen LogP) is 4.31. The number of nitrogens with one attached hydrogen (secondary N) is 2. The minimum Gasteiger partial charge on any atom is -0.348 e. The number of hydrogen-bond acceptors (Lipinski definition) is 3. The van der Waals surface area contributed by atoms with E-state index in [1.807, 2.05) is 68.4 Å². The zero-order chi connectivity index (χ0) is 17.9. The van der Waals surface area contributed by atoms with Gasteiger partial charge in [-0.15, -0.1) is 0 Å². The van der Waals surface area contributed by atoms with Gasteiger partial charge in [0.05, 0.1) is 12.6 Å². The van der Waals surface area contributed by atoms with Gasteiger partial charge in [0.15, 0.2) is 5.79 Å². The molecule has 5 nitrogen and oxygen atoms in total. The molecule has 0 radical (unpaired) electrons. The van der Waals surface area contributed by atoms with Crippen molar-refractivity contribution in [1.82, 2.24) is 5.32 Å². The predicted molar refractivity (Wildman–Crippen MR) is 105 cm³/mol. The summed E-state index contributed by atoms with van der Waals surface area (Å²) < 4.78 is 12.9. The first-order valence-electron chi connectivity index (χ1n) is 8.13. The summed E-state index contributed by atoms with van der Waals surface area (Å²) in [5, 5.41) is 5.81. The molecule has 6 heteroatoms. The molecular weight excluding hydrogens is 431 g/mol. The lowest BCUT2D eigenvalue weighted by Crippen LogP contribution is -2.52. The highest BCUT2D eigenvalue weighted by Crippen LogP contribution is 2.32. The molecule has 0 spiro atoms. The Labute approximate surface area is 161 Å². The summed E-state index contributed by atoms with van der Waals surface area (Å²) in [6.45, 7) is 4.14. The van der Waals surface area contributed by atoms with E-state index < -0.39 is 5.79 Å². The molecule has 0 saturated carbocycles. The number of ether oxygens (including phenoxy) is 2. The first-order valence-corrected chi connectivity index (χ1v) is 9.21. The molecule has 1 aliphatic heterocycles. The lowest BCUT2D eigenvalue weighted by atomic mass is 10.0. The molecule has 3 rings (SSSR count). The van der Waals surface area contributed by atoms with Crippen molar-refractivity contribution in [3.63, 3.8) is 0 Å². The molecule has 25 heavy (non-hydrogen) atoms. The van der Waals surface area contributed by atoms with Gasteiger partial charge < -0.3 is 20.1 Å². The lowest BCUT2D eigenvalue weighted by Gasteiger charge is -2.41. The molecule has 2 amide bonds. The molecule has 2 aromatic rings. The first kappa shape index (κ1) is 18.2. The molecule has 2 atom stereocenters. The number of carbonyl (C=O) groups is 1. The summed E-state index contributed by atoms with van der Waals surface area (Å²) >= 11 is 2.23. The van der Waals surface area contributed by atoms with Crippen molar-refractivity contribution < 1.29 is 14.3 Å². The van der Waals surface area contributed by atoms with Crippen LogP contribution in [0, 0.1) is 3.57 Å². The molecule has 1 heterocycles. The Hall–Kier alpha value is -1.64. The summed E-state index contributed by atoms with van der Waals surface area (Å²) in [5.74, 6) is -0.689. The van der Waals surface area contributed by atoms with E-state index in [1.54, 1.807) is 0 Å². The highest BCUT2D eigenvalue weighted by Gasteiger charge is 2.38. The molecule has 0 unspecified atom stereocenters. The largest absolute Gasteiger partial charge is 0.348 e. The molecule has 0 bridgehead atoms. The quantitative estimate of drug-likeness (QED) is 0.683. The molecule has 2 N–H and O–H groups in total. The summed E-state index contributed by atoms with van der Waals surface area (Å²) in [6, 6.07) is 16.9. The Morgan fingerprint density at radius 3 is 2.48 bits per heavy atom. The topological polar surface area (TPSA) is 59.6 Å². The second kappa shape index (κ2) is 7.72. The van der Waals surface area contributed by atoms with E-state index in [0.717, 1.165) is 14.8 Å². The van der Waals surface area contributed by atoms with Gasteiger partial charge in [-0.05, 0) is 66.3 Å². The fourth-order valence-electron chi connectivity index (χ4n) is 2.73. The Morgan fingerprint density at radius 1 is 1.12 bits per heavy atom. The van der Waals surface area contributed by atoms with Gasteiger partial charge in [-0.2, -0.15) is 0 Å². The van der Waals surface area contributed by atoms with Crippen molar-refractivity contribution in [1.29, 1.82) is 0 Å².